The molecule has 2 heterocycles. The average Bonchev–Trinajstić information content (AvgIpc) is 3.35. The number of hydrogen-bond donors (Lipinski definition) is 4. The van der Waals surface area contributed by atoms with Crippen molar-refractivity contribution in [1.82, 2.24) is 25.4 Å². The summed E-state index contributed by atoms with van der Waals surface area (Å²) in [6, 6.07) is 10.5. The highest BCUT2D eigenvalue weighted by atomic mass is 32.1. The zero-order chi connectivity index (χ0) is 21.7. The molecule has 1 atom stereocenters. The zero-order valence-electron chi connectivity index (χ0n) is 16.9. The van der Waals surface area contributed by atoms with Crippen LogP contribution >= 0.6 is 23.6 Å². The molecule has 0 fully saturated rings. The summed E-state index contributed by atoms with van der Waals surface area (Å²) >= 11 is 6.86. The molecule has 1 unspecified atom stereocenters. The molecule has 0 spiro atoms. The molecule has 3 rings (SSSR count). The van der Waals surface area contributed by atoms with E-state index in [1.807, 2.05) is 43.5 Å². The summed E-state index contributed by atoms with van der Waals surface area (Å²) in [5, 5.41) is 17.5. The van der Waals surface area contributed by atoms with Gasteiger partial charge in [-0.2, -0.15) is 5.10 Å². The van der Waals surface area contributed by atoms with Crippen LogP contribution in [0.2, 0.25) is 0 Å². The molecule has 0 saturated carbocycles. The molecule has 8 nitrogen and oxygen atoms in total. The van der Waals surface area contributed by atoms with Gasteiger partial charge >= 0.3 is 6.03 Å². The number of hydrogen-bond acceptors (Lipinski definition) is 5. The first-order valence-corrected chi connectivity index (χ1v) is 10.8. The van der Waals surface area contributed by atoms with E-state index in [-0.39, 0.29) is 18.0 Å². The number of carbonyl (C=O) groups excluding carboxylic acids is 2. The van der Waals surface area contributed by atoms with Gasteiger partial charge in [0, 0.05) is 18.3 Å². The van der Waals surface area contributed by atoms with Gasteiger partial charge in [-0.3, -0.25) is 14.5 Å². The number of H-pyrrole nitrogens is 1. The molecule has 0 aliphatic rings. The molecule has 4 N–H and O–H groups in total. The number of aromatic amines is 1. The van der Waals surface area contributed by atoms with E-state index in [4.69, 9.17) is 12.2 Å². The highest BCUT2D eigenvalue weighted by molar-refractivity contribution is 7.71. The van der Waals surface area contributed by atoms with Gasteiger partial charge in [0.25, 0.3) is 0 Å². The second-order valence-corrected chi connectivity index (χ2v) is 8.38. The van der Waals surface area contributed by atoms with Crippen molar-refractivity contribution >= 4 is 41.2 Å². The monoisotopic (exact) mass is 444 g/mol. The highest BCUT2D eigenvalue weighted by Gasteiger charge is 2.21. The fourth-order valence-corrected chi connectivity index (χ4v) is 3.83. The SMILES string of the molecule is CC(C)NC(=O)Nc1ccc(CNC(=O)C(C)n2c(-c3cccs3)n[nH]c2=S)cc1. The van der Waals surface area contributed by atoms with Crippen LogP contribution in [0.4, 0.5) is 10.5 Å². The first kappa shape index (κ1) is 21.7. The number of thiophene rings is 1. The highest BCUT2D eigenvalue weighted by Crippen LogP contribution is 2.25. The molecule has 3 aromatic rings. The minimum Gasteiger partial charge on any atom is -0.350 e. The van der Waals surface area contributed by atoms with Gasteiger partial charge in [-0.25, -0.2) is 4.79 Å². The van der Waals surface area contributed by atoms with Gasteiger partial charge in [-0.1, -0.05) is 18.2 Å². The molecule has 0 aliphatic heterocycles. The van der Waals surface area contributed by atoms with Crippen LogP contribution in [0.3, 0.4) is 0 Å². The van der Waals surface area contributed by atoms with Gasteiger partial charge in [0.05, 0.1) is 4.88 Å². The Morgan fingerprint density at radius 2 is 1.93 bits per heavy atom. The third kappa shape index (κ3) is 5.33. The van der Waals surface area contributed by atoms with E-state index in [1.165, 1.54) is 11.3 Å². The lowest BCUT2D eigenvalue weighted by Crippen LogP contribution is -2.34. The quantitative estimate of drug-likeness (QED) is 0.412. The van der Waals surface area contributed by atoms with E-state index < -0.39 is 6.04 Å². The Bertz CT molecular complexity index is 1050. The van der Waals surface area contributed by atoms with Crippen LogP contribution in [0.5, 0.6) is 0 Å². The van der Waals surface area contributed by atoms with Gasteiger partial charge in [0.2, 0.25) is 5.91 Å². The number of nitrogens with one attached hydrogen (secondary N) is 4. The molecule has 0 bridgehead atoms. The number of benzene rings is 1. The predicted octanol–water partition coefficient (Wildman–Crippen LogP) is 4.08. The molecule has 10 heteroatoms. The Labute approximate surface area is 183 Å². The van der Waals surface area contributed by atoms with E-state index in [0.29, 0.717) is 22.8 Å². The Balaban J connectivity index is 1.60. The van der Waals surface area contributed by atoms with Gasteiger partial charge in [0.15, 0.2) is 10.6 Å². The van der Waals surface area contributed by atoms with Crippen molar-refractivity contribution in [3.63, 3.8) is 0 Å². The van der Waals surface area contributed by atoms with Crippen LogP contribution < -0.4 is 16.0 Å². The first-order chi connectivity index (χ1) is 14.3. The molecule has 158 valence electrons. The molecule has 3 amide bonds. The molecule has 30 heavy (non-hydrogen) atoms. The molecule has 0 radical (unpaired) electrons. The number of rotatable bonds is 7. The van der Waals surface area contributed by atoms with Crippen molar-refractivity contribution in [3.05, 3.63) is 52.1 Å². The van der Waals surface area contributed by atoms with Crippen molar-refractivity contribution in [2.24, 2.45) is 0 Å². The lowest BCUT2D eigenvalue weighted by Gasteiger charge is -2.15. The van der Waals surface area contributed by atoms with Crippen molar-refractivity contribution in [3.8, 4) is 10.7 Å². The van der Waals surface area contributed by atoms with Crippen molar-refractivity contribution in [1.29, 1.82) is 0 Å². The van der Waals surface area contributed by atoms with Gasteiger partial charge in [-0.15, -0.1) is 11.3 Å². The zero-order valence-corrected chi connectivity index (χ0v) is 18.6. The maximum atomic E-state index is 12.7. The molecular weight excluding hydrogens is 420 g/mol. The van der Waals surface area contributed by atoms with Crippen LogP contribution in [-0.4, -0.2) is 32.7 Å². The van der Waals surface area contributed by atoms with E-state index in [1.54, 1.807) is 23.6 Å². The van der Waals surface area contributed by atoms with Gasteiger partial charge in [0.1, 0.15) is 6.04 Å². The van der Waals surface area contributed by atoms with Crippen LogP contribution in [0.15, 0.2) is 41.8 Å². The summed E-state index contributed by atoms with van der Waals surface area (Å²) in [6.07, 6.45) is 0. The fourth-order valence-electron chi connectivity index (χ4n) is 2.83. The topological polar surface area (TPSA) is 104 Å². The van der Waals surface area contributed by atoms with Crippen molar-refractivity contribution in [2.75, 3.05) is 5.32 Å². The third-order valence-electron chi connectivity index (χ3n) is 4.31. The maximum Gasteiger partial charge on any atom is 0.319 e. The number of nitrogens with zero attached hydrogens (tertiary/aromatic N) is 2. The summed E-state index contributed by atoms with van der Waals surface area (Å²) in [7, 11) is 0. The third-order valence-corrected chi connectivity index (χ3v) is 5.46. The van der Waals surface area contributed by atoms with Crippen molar-refractivity contribution < 1.29 is 9.59 Å². The van der Waals surface area contributed by atoms with Gasteiger partial charge < -0.3 is 16.0 Å². The van der Waals surface area contributed by atoms with E-state index in [0.717, 1.165) is 10.4 Å². The molecular formula is C20H24N6O2S2. The number of urea groups is 1. The molecule has 0 aliphatic carbocycles. The number of carbonyl (C=O) groups is 2. The largest absolute Gasteiger partial charge is 0.350 e. The lowest BCUT2D eigenvalue weighted by molar-refractivity contribution is -0.124. The van der Waals surface area contributed by atoms with E-state index in [9.17, 15) is 9.59 Å². The number of amides is 3. The number of anilines is 1. The second-order valence-electron chi connectivity index (χ2n) is 7.04. The maximum absolute atomic E-state index is 12.7. The van der Waals surface area contributed by atoms with Crippen LogP contribution in [0.1, 0.15) is 32.4 Å². The summed E-state index contributed by atoms with van der Waals surface area (Å²) < 4.78 is 2.12. The minimum atomic E-state index is -0.519. The summed E-state index contributed by atoms with van der Waals surface area (Å²) in [5.41, 5.74) is 1.60. The van der Waals surface area contributed by atoms with Crippen LogP contribution in [0, 0.1) is 4.77 Å². The average molecular weight is 445 g/mol. The Morgan fingerprint density at radius 3 is 2.57 bits per heavy atom. The summed E-state index contributed by atoms with van der Waals surface area (Å²) in [5.74, 6) is 0.483. The smallest absolute Gasteiger partial charge is 0.319 e. The normalized spacial score (nSPS) is 11.9. The van der Waals surface area contributed by atoms with Crippen molar-refractivity contribution in [2.45, 2.75) is 39.4 Å². The first-order valence-electron chi connectivity index (χ1n) is 9.50. The molecule has 0 saturated heterocycles. The van der Waals surface area contributed by atoms with E-state index >= 15 is 0 Å². The Hall–Kier alpha value is -2.98. The predicted molar refractivity (Wildman–Crippen MR) is 121 cm³/mol. The Kier molecular flexibility index (Phi) is 7.01. The molecule has 2 aromatic heterocycles. The number of aromatic nitrogens is 3. The summed E-state index contributed by atoms with van der Waals surface area (Å²) in [6.45, 7) is 5.94. The summed E-state index contributed by atoms with van der Waals surface area (Å²) in [4.78, 5) is 25.4. The minimum absolute atomic E-state index is 0.0607. The van der Waals surface area contributed by atoms with Crippen LogP contribution in [0.25, 0.3) is 10.7 Å². The van der Waals surface area contributed by atoms with Gasteiger partial charge in [-0.05, 0) is 62.1 Å². The van der Waals surface area contributed by atoms with Crippen LogP contribution in [-0.2, 0) is 11.3 Å². The fraction of sp³-hybridized carbons (Fsp3) is 0.300. The second kappa shape index (κ2) is 9.68. The lowest BCUT2D eigenvalue weighted by atomic mass is 10.2. The Morgan fingerprint density at radius 1 is 1.20 bits per heavy atom. The standard InChI is InChI=1S/C20H24N6O2S2/c1-12(2)22-19(28)23-15-8-6-14(7-9-15)11-21-18(27)13(3)26-17(24-25-20(26)29)16-5-4-10-30-16/h4-10,12-13H,11H2,1-3H3,(H,21,27)(H,25,29)(H2,22,23,28). The van der Waals surface area contributed by atoms with E-state index in [2.05, 4.69) is 26.1 Å². The molecule has 1 aromatic carbocycles.